The van der Waals surface area contributed by atoms with Gasteiger partial charge in [0.1, 0.15) is 5.82 Å². The van der Waals surface area contributed by atoms with E-state index in [1.807, 2.05) is 19.9 Å². The van der Waals surface area contributed by atoms with Crippen molar-refractivity contribution in [2.45, 2.75) is 26.4 Å². The summed E-state index contributed by atoms with van der Waals surface area (Å²) >= 11 is 0. The third-order valence-corrected chi connectivity index (χ3v) is 1.91. The molecule has 3 nitrogen and oxygen atoms in total. The van der Waals surface area contributed by atoms with Crippen LogP contribution in [0, 0.1) is 6.92 Å². The first kappa shape index (κ1) is 9.00. The number of aliphatic hydroxyl groups is 1. The predicted octanol–water partition coefficient (Wildman–Crippen LogP) is 1.42. The number of nitrogens with two attached hydrogens (primary N) is 1. The summed E-state index contributed by atoms with van der Waals surface area (Å²) < 4.78 is 0. The maximum absolute atomic E-state index is 9.46. The Kier molecular flexibility index (Phi) is 2.65. The zero-order chi connectivity index (χ0) is 9.14. The fourth-order valence-electron chi connectivity index (χ4n) is 1.03. The zero-order valence-corrected chi connectivity index (χ0v) is 7.41. The molecule has 0 radical (unpaired) electrons. The van der Waals surface area contributed by atoms with E-state index < -0.39 is 6.10 Å². The molecule has 0 bridgehead atoms. The molecule has 0 aliphatic heterocycles. The predicted molar refractivity (Wildman–Crippen MR) is 48.6 cm³/mol. The van der Waals surface area contributed by atoms with Gasteiger partial charge < -0.3 is 10.8 Å². The summed E-state index contributed by atoms with van der Waals surface area (Å²) in [5.74, 6) is 0.530. The molecule has 0 aliphatic rings. The van der Waals surface area contributed by atoms with E-state index in [2.05, 4.69) is 4.98 Å². The van der Waals surface area contributed by atoms with Gasteiger partial charge in [0.25, 0.3) is 0 Å². The molecule has 0 amide bonds. The molecule has 0 aromatic carbocycles. The van der Waals surface area contributed by atoms with Crippen LogP contribution in [0.15, 0.2) is 12.3 Å². The molecule has 0 saturated heterocycles. The molecule has 1 atom stereocenters. The molecule has 12 heavy (non-hydrogen) atoms. The number of nitrogens with zero attached hydrogens (tertiary/aromatic N) is 1. The van der Waals surface area contributed by atoms with Gasteiger partial charge in [-0.05, 0) is 30.5 Å². The Balaban J connectivity index is 2.96. The first-order valence-corrected chi connectivity index (χ1v) is 4.05. The molecular weight excluding hydrogens is 152 g/mol. The van der Waals surface area contributed by atoms with Crippen molar-refractivity contribution in [3.8, 4) is 0 Å². The van der Waals surface area contributed by atoms with Crippen LogP contribution in [0.1, 0.15) is 30.6 Å². The zero-order valence-electron chi connectivity index (χ0n) is 7.41. The van der Waals surface area contributed by atoms with Crippen molar-refractivity contribution in [2.75, 3.05) is 5.73 Å². The molecule has 1 unspecified atom stereocenters. The molecule has 1 heterocycles. The molecule has 0 spiro atoms. The van der Waals surface area contributed by atoms with E-state index in [0.29, 0.717) is 12.2 Å². The van der Waals surface area contributed by atoms with E-state index in [1.54, 1.807) is 6.20 Å². The lowest BCUT2D eigenvalue weighted by atomic mass is 10.1. The van der Waals surface area contributed by atoms with Gasteiger partial charge in [-0.25, -0.2) is 4.98 Å². The van der Waals surface area contributed by atoms with Gasteiger partial charge in [0, 0.05) is 6.20 Å². The fraction of sp³-hybridized carbons (Fsp3) is 0.444. The molecule has 0 saturated carbocycles. The van der Waals surface area contributed by atoms with Gasteiger partial charge in [-0.3, -0.25) is 0 Å². The van der Waals surface area contributed by atoms with E-state index in [9.17, 15) is 5.11 Å². The van der Waals surface area contributed by atoms with Gasteiger partial charge in [0.15, 0.2) is 0 Å². The van der Waals surface area contributed by atoms with Gasteiger partial charge in [-0.15, -0.1) is 0 Å². The second kappa shape index (κ2) is 3.54. The van der Waals surface area contributed by atoms with Crippen LogP contribution in [0.4, 0.5) is 5.82 Å². The molecule has 0 aliphatic carbocycles. The summed E-state index contributed by atoms with van der Waals surface area (Å²) in [6, 6.07) is 1.87. The number of aromatic nitrogens is 1. The van der Waals surface area contributed by atoms with Gasteiger partial charge in [-0.1, -0.05) is 6.92 Å². The van der Waals surface area contributed by atoms with E-state index in [-0.39, 0.29) is 0 Å². The highest BCUT2D eigenvalue weighted by atomic mass is 16.3. The molecule has 1 rings (SSSR count). The second-order valence-corrected chi connectivity index (χ2v) is 2.89. The first-order chi connectivity index (χ1) is 5.65. The maximum atomic E-state index is 9.46. The molecule has 1 aromatic rings. The summed E-state index contributed by atoms with van der Waals surface area (Å²) in [7, 11) is 0. The van der Waals surface area contributed by atoms with Crippen molar-refractivity contribution < 1.29 is 5.11 Å². The van der Waals surface area contributed by atoms with E-state index in [0.717, 1.165) is 11.1 Å². The summed E-state index contributed by atoms with van der Waals surface area (Å²) in [5, 5.41) is 9.46. The number of pyridine rings is 1. The summed E-state index contributed by atoms with van der Waals surface area (Å²) in [5.41, 5.74) is 7.29. The minimum atomic E-state index is -0.420. The maximum Gasteiger partial charge on any atom is 0.126 e. The number of aliphatic hydroxyl groups excluding tert-OH is 1. The normalized spacial score (nSPS) is 12.9. The Labute approximate surface area is 72.2 Å². The third-order valence-electron chi connectivity index (χ3n) is 1.91. The van der Waals surface area contributed by atoms with E-state index in [1.165, 1.54) is 0 Å². The fourth-order valence-corrected chi connectivity index (χ4v) is 1.03. The quantitative estimate of drug-likeness (QED) is 0.698. The van der Waals surface area contributed by atoms with Crippen LogP contribution < -0.4 is 5.73 Å². The highest BCUT2D eigenvalue weighted by Crippen LogP contribution is 2.18. The van der Waals surface area contributed by atoms with Gasteiger partial charge >= 0.3 is 0 Å². The van der Waals surface area contributed by atoms with E-state index in [4.69, 9.17) is 5.73 Å². The standard InChI is InChI=1S/C9H14N2O/c1-3-8(12)7-4-6(2)9(10)11-5-7/h4-5,8,12H,3H2,1-2H3,(H2,10,11). The number of nitrogen functional groups attached to an aromatic ring is 1. The Morgan fingerprint density at radius 3 is 2.83 bits per heavy atom. The highest BCUT2D eigenvalue weighted by Gasteiger charge is 2.05. The van der Waals surface area contributed by atoms with Crippen LogP contribution in [0.3, 0.4) is 0 Å². The van der Waals surface area contributed by atoms with Crippen molar-refractivity contribution in [1.29, 1.82) is 0 Å². The van der Waals surface area contributed by atoms with Crippen LogP contribution in [0.2, 0.25) is 0 Å². The molecule has 0 fully saturated rings. The Hall–Kier alpha value is -1.09. The number of hydrogen-bond donors (Lipinski definition) is 2. The first-order valence-electron chi connectivity index (χ1n) is 4.05. The summed E-state index contributed by atoms with van der Waals surface area (Å²) in [6.07, 6.45) is 1.90. The molecule has 3 heteroatoms. The third kappa shape index (κ3) is 1.74. The Morgan fingerprint density at radius 2 is 2.33 bits per heavy atom. The second-order valence-electron chi connectivity index (χ2n) is 2.89. The average molecular weight is 166 g/mol. The lowest BCUT2D eigenvalue weighted by Crippen LogP contribution is -2.00. The number of hydrogen-bond acceptors (Lipinski definition) is 3. The van der Waals surface area contributed by atoms with Crippen molar-refractivity contribution in [3.63, 3.8) is 0 Å². The molecule has 3 N–H and O–H groups in total. The lowest BCUT2D eigenvalue weighted by molar-refractivity contribution is 0.173. The van der Waals surface area contributed by atoms with Crippen molar-refractivity contribution in [3.05, 3.63) is 23.4 Å². The SMILES string of the molecule is CCC(O)c1cnc(N)c(C)c1. The number of anilines is 1. The van der Waals surface area contributed by atoms with Crippen LogP contribution in [-0.2, 0) is 0 Å². The van der Waals surface area contributed by atoms with Crippen LogP contribution in [0.25, 0.3) is 0 Å². The van der Waals surface area contributed by atoms with Gasteiger partial charge in [0.05, 0.1) is 6.10 Å². The van der Waals surface area contributed by atoms with Crippen molar-refractivity contribution in [2.24, 2.45) is 0 Å². The topological polar surface area (TPSA) is 59.1 Å². The summed E-state index contributed by atoms with van der Waals surface area (Å²) in [4.78, 5) is 3.97. The van der Waals surface area contributed by atoms with Gasteiger partial charge in [-0.2, -0.15) is 0 Å². The largest absolute Gasteiger partial charge is 0.388 e. The molecule has 1 aromatic heterocycles. The Morgan fingerprint density at radius 1 is 1.67 bits per heavy atom. The average Bonchev–Trinajstić information content (AvgIpc) is 2.08. The summed E-state index contributed by atoms with van der Waals surface area (Å²) in [6.45, 7) is 3.81. The number of rotatable bonds is 2. The number of aryl methyl sites for hydroxylation is 1. The van der Waals surface area contributed by atoms with Crippen molar-refractivity contribution >= 4 is 5.82 Å². The highest BCUT2D eigenvalue weighted by molar-refractivity contribution is 5.40. The smallest absolute Gasteiger partial charge is 0.126 e. The van der Waals surface area contributed by atoms with Crippen LogP contribution >= 0.6 is 0 Å². The Bertz CT molecular complexity index is 273. The van der Waals surface area contributed by atoms with Crippen molar-refractivity contribution in [1.82, 2.24) is 4.98 Å². The lowest BCUT2D eigenvalue weighted by Gasteiger charge is -2.08. The van der Waals surface area contributed by atoms with Gasteiger partial charge in [0.2, 0.25) is 0 Å². The van der Waals surface area contributed by atoms with Crippen LogP contribution in [-0.4, -0.2) is 10.1 Å². The van der Waals surface area contributed by atoms with E-state index >= 15 is 0 Å². The van der Waals surface area contributed by atoms with Crippen LogP contribution in [0.5, 0.6) is 0 Å². The minimum absolute atomic E-state index is 0.420. The molecule has 66 valence electrons. The molecular formula is C9H14N2O. The monoisotopic (exact) mass is 166 g/mol. The minimum Gasteiger partial charge on any atom is -0.388 e.